The van der Waals surface area contributed by atoms with Crippen molar-refractivity contribution in [2.24, 2.45) is 0 Å². The summed E-state index contributed by atoms with van der Waals surface area (Å²) < 4.78 is 15.3. The van der Waals surface area contributed by atoms with Gasteiger partial charge < -0.3 is 4.57 Å². The molecule has 1 aromatic carbocycles. The Labute approximate surface area is 102 Å². The quantitative estimate of drug-likeness (QED) is 0.757. The van der Waals surface area contributed by atoms with Crippen molar-refractivity contribution < 1.29 is 4.39 Å². The molecule has 0 spiro atoms. The maximum atomic E-state index is 13.0. The summed E-state index contributed by atoms with van der Waals surface area (Å²) in [5.41, 5.74) is 4.82. The fraction of sp³-hybridized carbons (Fsp3) is 0.333. The molecule has 0 aliphatic rings. The summed E-state index contributed by atoms with van der Waals surface area (Å²) in [7, 11) is 0. The highest BCUT2D eigenvalue weighted by Gasteiger charge is 2.03. The van der Waals surface area contributed by atoms with E-state index >= 15 is 0 Å². The van der Waals surface area contributed by atoms with Crippen LogP contribution >= 0.6 is 0 Å². The van der Waals surface area contributed by atoms with Crippen molar-refractivity contribution >= 4 is 0 Å². The molecule has 1 heterocycles. The van der Waals surface area contributed by atoms with Gasteiger partial charge in [-0.05, 0) is 62.6 Å². The summed E-state index contributed by atoms with van der Waals surface area (Å²) in [5.74, 6) is -0.153. The first kappa shape index (κ1) is 11.9. The largest absolute Gasteiger partial charge is 0.349 e. The Kier molecular flexibility index (Phi) is 3.32. The van der Waals surface area contributed by atoms with Gasteiger partial charge in [-0.3, -0.25) is 0 Å². The molecule has 0 amide bonds. The van der Waals surface area contributed by atoms with Crippen LogP contribution in [0.2, 0.25) is 0 Å². The van der Waals surface area contributed by atoms with Crippen molar-refractivity contribution in [1.82, 2.24) is 4.57 Å². The van der Waals surface area contributed by atoms with Crippen LogP contribution in [0.15, 0.2) is 30.3 Å². The third-order valence-corrected chi connectivity index (χ3v) is 3.33. The summed E-state index contributed by atoms with van der Waals surface area (Å²) >= 11 is 0. The maximum absolute atomic E-state index is 13.0. The van der Waals surface area contributed by atoms with E-state index in [0.29, 0.717) is 0 Å². The van der Waals surface area contributed by atoms with Gasteiger partial charge in [-0.2, -0.15) is 0 Å². The molecule has 0 bridgehead atoms. The lowest BCUT2D eigenvalue weighted by Gasteiger charge is -2.11. The predicted molar refractivity (Wildman–Crippen MR) is 68.7 cm³/mol. The first-order valence-corrected chi connectivity index (χ1v) is 5.95. The SMILES string of the molecule is Cc1cc(F)ccc1CCn1c(C)ccc1C. The van der Waals surface area contributed by atoms with Gasteiger partial charge in [0.15, 0.2) is 0 Å². The fourth-order valence-corrected chi connectivity index (χ4v) is 2.22. The molecule has 0 aliphatic carbocycles. The Morgan fingerprint density at radius 2 is 1.65 bits per heavy atom. The monoisotopic (exact) mass is 231 g/mol. The van der Waals surface area contributed by atoms with Crippen LogP contribution in [0, 0.1) is 26.6 Å². The molecule has 0 radical (unpaired) electrons. The maximum Gasteiger partial charge on any atom is 0.123 e. The number of rotatable bonds is 3. The van der Waals surface area contributed by atoms with E-state index in [1.165, 1.54) is 23.0 Å². The minimum atomic E-state index is -0.153. The zero-order valence-electron chi connectivity index (χ0n) is 10.6. The van der Waals surface area contributed by atoms with Gasteiger partial charge in [-0.25, -0.2) is 4.39 Å². The Hall–Kier alpha value is -1.57. The van der Waals surface area contributed by atoms with E-state index in [1.54, 1.807) is 6.07 Å². The van der Waals surface area contributed by atoms with Crippen molar-refractivity contribution in [2.75, 3.05) is 0 Å². The first-order chi connectivity index (χ1) is 8.08. The fourth-order valence-electron chi connectivity index (χ4n) is 2.22. The summed E-state index contributed by atoms with van der Waals surface area (Å²) in [4.78, 5) is 0. The van der Waals surface area contributed by atoms with E-state index < -0.39 is 0 Å². The molecule has 1 nitrogen and oxygen atoms in total. The third kappa shape index (κ3) is 2.57. The highest BCUT2D eigenvalue weighted by molar-refractivity contribution is 5.27. The zero-order chi connectivity index (χ0) is 12.4. The van der Waals surface area contributed by atoms with Crippen LogP contribution in [-0.2, 0) is 13.0 Å². The van der Waals surface area contributed by atoms with Crippen LogP contribution in [0.5, 0.6) is 0 Å². The molecule has 17 heavy (non-hydrogen) atoms. The average molecular weight is 231 g/mol. The molecule has 1 aromatic heterocycles. The summed E-state index contributed by atoms with van der Waals surface area (Å²) in [6, 6.07) is 9.29. The number of aromatic nitrogens is 1. The number of benzene rings is 1. The Balaban J connectivity index is 2.13. The van der Waals surface area contributed by atoms with Gasteiger partial charge in [0, 0.05) is 17.9 Å². The van der Waals surface area contributed by atoms with Gasteiger partial charge in [0.1, 0.15) is 5.82 Å². The second-order valence-corrected chi connectivity index (χ2v) is 4.59. The van der Waals surface area contributed by atoms with Crippen LogP contribution in [0.25, 0.3) is 0 Å². The van der Waals surface area contributed by atoms with Crippen molar-refractivity contribution in [3.05, 3.63) is 58.7 Å². The van der Waals surface area contributed by atoms with Gasteiger partial charge in [0.2, 0.25) is 0 Å². The molecular weight excluding hydrogens is 213 g/mol. The number of aryl methyl sites for hydroxylation is 4. The molecule has 2 aromatic rings. The van der Waals surface area contributed by atoms with Gasteiger partial charge in [-0.15, -0.1) is 0 Å². The van der Waals surface area contributed by atoms with Gasteiger partial charge in [0.25, 0.3) is 0 Å². The standard InChI is InChI=1S/C15H18FN/c1-11-10-15(16)7-6-14(11)8-9-17-12(2)4-5-13(17)3/h4-7,10H,8-9H2,1-3H3. The molecule has 90 valence electrons. The molecule has 0 N–H and O–H groups in total. The summed E-state index contributed by atoms with van der Waals surface area (Å²) in [6.45, 7) is 7.15. The third-order valence-electron chi connectivity index (χ3n) is 3.33. The van der Waals surface area contributed by atoms with Crippen LogP contribution in [-0.4, -0.2) is 4.57 Å². The van der Waals surface area contributed by atoms with Crippen molar-refractivity contribution in [3.8, 4) is 0 Å². The lowest BCUT2D eigenvalue weighted by molar-refractivity contribution is 0.622. The summed E-state index contributed by atoms with van der Waals surface area (Å²) in [5, 5.41) is 0. The lowest BCUT2D eigenvalue weighted by Crippen LogP contribution is -2.05. The second-order valence-electron chi connectivity index (χ2n) is 4.59. The van der Waals surface area contributed by atoms with Crippen molar-refractivity contribution in [3.63, 3.8) is 0 Å². The van der Waals surface area contributed by atoms with Gasteiger partial charge >= 0.3 is 0 Å². The highest BCUT2D eigenvalue weighted by atomic mass is 19.1. The van der Waals surface area contributed by atoms with E-state index in [0.717, 1.165) is 18.5 Å². The highest BCUT2D eigenvalue weighted by Crippen LogP contribution is 2.14. The van der Waals surface area contributed by atoms with E-state index in [9.17, 15) is 4.39 Å². The molecule has 0 aliphatic heterocycles. The number of nitrogens with zero attached hydrogens (tertiary/aromatic N) is 1. The molecule has 0 fully saturated rings. The van der Waals surface area contributed by atoms with Crippen molar-refractivity contribution in [1.29, 1.82) is 0 Å². The minimum absolute atomic E-state index is 0.153. The summed E-state index contributed by atoms with van der Waals surface area (Å²) in [6.07, 6.45) is 0.947. The number of hydrogen-bond donors (Lipinski definition) is 0. The normalized spacial score (nSPS) is 10.8. The molecule has 0 saturated carbocycles. The van der Waals surface area contributed by atoms with Gasteiger partial charge in [0.05, 0.1) is 0 Å². The van der Waals surface area contributed by atoms with E-state index in [4.69, 9.17) is 0 Å². The first-order valence-electron chi connectivity index (χ1n) is 5.95. The van der Waals surface area contributed by atoms with Crippen molar-refractivity contribution in [2.45, 2.75) is 33.7 Å². The molecule has 0 unspecified atom stereocenters. The predicted octanol–water partition coefficient (Wildman–Crippen LogP) is 3.80. The van der Waals surface area contributed by atoms with Gasteiger partial charge in [-0.1, -0.05) is 6.07 Å². The zero-order valence-corrected chi connectivity index (χ0v) is 10.6. The number of hydrogen-bond acceptors (Lipinski definition) is 0. The Morgan fingerprint density at radius 1 is 1.00 bits per heavy atom. The molecule has 0 atom stereocenters. The second kappa shape index (κ2) is 4.74. The number of halogens is 1. The van der Waals surface area contributed by atoms with E-state index in [-0.39, 0.29) is 5.82 Å². The smallest absolute Gasteiger partial charge is 0.123 e. The minimum Gasteiger partial charge on any atom is -0.349 e. The molecular formula is C15H18FN. The average Bonchev–Trinajstić information content (AvgIpc) is 2.58. The van der Waals surface area contributed by atoms with E-state index in [2.05, 4.69) is 30.5 Å². The van der Waals surface area contributed by atoms with Crippen LogP contribution in [0.3, 0.4) is 0 Å². The molecule has 2 heteroatoms. The Morgan fingerprint density at radius 3 is 2.24 bits per heavy atom. The molecule has 0 saturated heterocycles. The topological polar surface area (TPSA) is 4.93 Å². The van der Waals surface area contributed by atoms with Crippen LogP contribution in [0.1, 0.15) is 22.5 Å². The van der Waals surface area contributed by atoms with Crippen LogP contribution in [0.4, 0.5) is 4.39 Å². The lowest BCUT2D eigenvalue weighted by atomic mass is 10.1. The Bertz CT molecular complexity index is 506. The van der Waals surface area contributed by atoms with E-state index in [1.807, 2.05) is 13.0 Å². The molecule has 2 rings (SSSR count). The van der Waals surface area contributed by atoms with Crippen LogP contribution < -0.4 is 0 Å².